The van der Waals surface area contributed by atoms with Crippen LogP contribution in [0, 0.1) is 21.4 Å². The highest BCUT2D eigenvalue weighted by Gasteiger charge is 2.17. The Hall–Kier alpha value is -3.66. The summed E-state index contributed by atoms with van der Waals surface area (Å²) in [5.74, 6) is -0.449. The Morgan fingerprint density at radius 1 is 1.31 bits per heavy atom. The third kappa shape index (κ3) is 4.45. The minimum Gasteiger partial charge on any atom is -0.490 e. The molecule has 1 amide bonds. The second-order valence-electron chi connectivity index (χ2n) is 5.46. The molecule has 2 aromatic rings. The Balaban J connectivity index is 2.24. The molecule has 0 heterocycles. The zero-order valence-corrected chi connectivity index (χ0v) is 14.3. The van der Waals surface area contributed by atoms with Crippen molar-refractivity contribution in [3.05, 3.63) is 75.3 Å². The van der Waals surface area contributed by atoms with Crippen LogP contribution in [0.3, 0.4) is 0 Å². The van der Waals surface area contributed by atoms with Gasteiger partial charge in [-0.25, -0.2) is 0 Å². The number of carbonyl (C=O) groups is 1. The lowest BCUT2D eigenvalue weighted by molar-refractivity contribution is -0.385. The van der Waals surface area contributed by atoms with E-state index in [1.165, 1.54) is 31.4 Å². The molecule has 0 bridgehead atoms. The van der Waals surface area contributed by atoms with Gasteiger partial charge in [-0.1, -0.05) is 36.4 Å². The summed E-state index contributed by atoms with van der Waals surface area (Å²) in [4.78, 5) is 22.8. The molecule has 0 unspecified atom stereocenters. The van der Waals surface area contributed by atoms with Crippen molar-refractivity contribution in [1.82, 2.24) is 5.32 Å². The number of nitriles is 1. The van der Waals surface area contributed by atoms with Crippen molar-refractivity contribution in [3.63, 3.8) is 0 Å². The molecule has 0 aliphatic rings. The van der Waals surface area contributed by atoms with Gasteiger partial charge in [0.15, 0.2) is 5.75 Å². The summed E-state index contributed by atoms with van der Waals surface area (Å²) < 4.78 is 4.94. The van der Waals surface area contributed by atoms with Gasteiger partial charge in [0.2, 0.25) is 0 Å². The van der Waals surface area contributed by atoms with E-state index < -0.39 is 10.8 Å². The summed E-state index contributed by atoms with van der Waals surface area (Å²) in [6.45, 7) is 1.81. The second-order valence-corrected chi connectivity index (χ2v) is 5.46. The highest BCUT2D eigenvalue weighted by molar-refractivity contribution is 6.01. The molecule has 2 rings (SSSR count). The molecule has 7 heteroatoms. The minimum absolute atomic E-state index is 0.104. The number of nitro benzene ring substituents is 1. The number of hydrogen-bond acceptors (Lipinski definition) is 5. The van der Waals surface area contributed by atoms with Crippen molar-refractivity contribution >= 4 is 17.7 Å². The maximum absolute atomic E-state index is 12.3. The molecule has 0 radical (unpaired) electrons. The number of carbonyl (C=O) groups excluding carboxylic acids is 1. The lowest BCUT2D eigenvalue weighted by atomic mass is 10.1. The maximum atomic E-state index is 12.3. The van der Waals surface area contributed by atoms with Crippen LogP contribution in [0.25, 0.3) is 6.08 Å². The number of rotatable bonds is 6. The molecule has 7 nitrogen and oxygen atoms in total. The van der Waals surface area contributed by atoms with Crippen LogP contribution in [0.2, 0.25) is 0 Å². The third-order valence-electron chi connectivity index (χ3n) is 3.72. The van der Waals surface area contributed by atoms with Crippen LogP contribution in [-0.2, 0) is 4.79 Å². The standard InChI is InChI=1S/C19H17N3O4/c1-13(15-6-4-3-5-7-15)21-19(23)16(12-20)10-14-8-9-18(26-2)17(11-14)22(24)25/h3-11,13H,1-2H3,(H,21,23)/b16-10-/t13-/m1/s1. The van der Waals surface area contributed by atoms with E-state index in [1.54, 1.807) is 6.92 Å². The SMILES string of the molecule is COc1ccc(/C=C(/C#N)C(=O)N[C@H](C)c2ccccc2)cc1[N+](=O)[O-]. The van der Waals surface area contributed by atoms with Crippen LogP contribution in [0.15, 0.2) is 54.1 Å². The fourth-order valence-electron chi connectivity index (χ4n) is 2.35. The molecule has 0 saturated carbocycles. The van der Waals surface area contributed by atoms with Gasteiger partial charge in [-0.2, -0.15) is 5.26 Å². The van der Waals surface area contributed by atoms with Crippen LogP contribution >= 0.6 is 0 Å². The fraction of sp³-hybridized carbons (Fsp3) is 0.158. The Bertz CT molecular complexity index is 885. The lowest BCUT2D eigenvalue weighted by Gasteiger charge is -2.13. The van der Waals surface area contributed by atoms with E-state index in [1.807, 2.05) is 36.4 Å². The van der Waals surface area contributed by atoms with Gasteiger partial charge >= 0.3 is 5.69 Å². The molecule has 0 fully saturated rings. The van der Waals surface area contributed by atoms with E-state index in [4.69, 9.17) is 4.74 Å². The third-order valence-corrected chi connectivity index (χ3v) is 3.72. The Kier molecular flexibility index (Phi) is 6.06. The molecule has 0 aromatic heterocycles. The molecule has 26 heavy (non-hydrogen) atoms. The van der Waals surface area contributed by atoms with Crippen molar-refractivity contribution < 1.29 is 14.5 Å². The largest absolute Gasteiger partial charge is 0.490 e. The normalized spacial score (nSPS) is 12.0. The van der Waals surface area contributed by atoms with Gasteiger partial charge in [0.05, 0.1) is 18.1 Å². The van der Waals surface area contributed by atoms with Gasteiger partial charge in [0.1, 0.15) is 11.6 Å². The van der Waals surface area contributed by atoms with Gasteiger partial charge in [-0.3, -0.25) is 14.9 Å². The average Bonchev–Trinajstić information content (AvgIpc) is 2.66. The van der Waals surface area contributed by atoms with Crippen LogP contribution in [-0.4, -0.2) is 17.9 Å². The van der Waals surface area contributed by atoms with E-state index >= 15 is 0 Å². The quantitative estimate of drug-likeness (QED) is 0.372. The van der Waals surface area contributed by atoms with E-state index in [9.17, 15) is 20.2 Å². The molecular weight excluding hydrogens is 334 g/mol. The molecule has 0 saturated heterocycles. The Morgan fingerprint density at radius 3 is 2.58 bits per heavy atom. The van der Waals surface area contributed by atoms with Crippen molar-refractivity contribution in [2.24, 2.45) is 0 Å². The zero-order valence-electron chi connectivity index (χ0n) is 14.3. The summed E-state index contributed by atoms with van der Waals surface area (Å²) in [5, 5.41) is 23.1. The maximum Gasteiger partial charge on any atom is 0.311 e. The molecule has 0 aliphatic heterocycles. The average molecular weight is 351 g/mol. The van der Waals surface area contributed by atoms with E-state index in [-0.39, 0.29) is 23.1 Å². The van der Waals surface area contributed by atoms with Crippen LogP contribution in [0.5, 0.6) is 5.75 Å². The van der Waals surface area contributed by atoms with Crippen molar-refractivity contribution in [1.29, 1.82) is 5.26 Å². The summed E-state index contributed by atoms with van der Waals surface area (Å²) in [7, 11) is 1.33. The van der Waals surface area contributed by atoms with Crippen LogP contribution < -0.4 is 10.1 Å². The number of nitro groups is 1. The van der Waals surface area contributed by atoms with Crippen LogP contribution in [0.1, 0.15) is 24.1 Å². The number of nitrogens with zero attached hydrogens (tertiary/aromatic N) is 2. The number of benzene rings is 2. The Morgan fingerprint density at radius 2 is 2.00 bits per heavy atom. The first kappa shape index (κ1) is 18.7. The topological polar surface area (TPSA) is 105 Å². The summed E-state index contributed by atoms with van der Waals surface area (Å²) in [6.07, 6.45) is 1.31. The fourth-order valence-corrected chi connectivity index (χ4v) is 2.35. The van der Waals surface area contributed by atoms with Crippen molar-refractivity contribution in [2.45, 2.75) is 13.0 Å². The number of nitrogens with one attached hydrogen (secondary N) is 1. The molecule has 2 aromatic carbocycles. The first-order valence-corrected chi connectivity index (χ1v) is 7.76. The van der Waals surface area contributed by atoms with Gasteiger partial charge in [-0.15, -0.1) is 0 Å². The molecule has 0 aliphatic carbocycles. The second kappa shape index (κ2) is 8.44. The highest BCUT2D eigenvalue weighted by Crippen LogP contribution is 2.28. The first-order chi connectivity index (χ1) is 12.5. The minimum atomic E-state index is -0.584. The van der Waals surface area contributed by atoms with E-state index in [2.05, 4.69) is 5.32 Å². The number of methoxy groups -OCH3 is 1. The number of amides is 1. The first-order valence-electron chi connectivity index (χ1n) is 7.76. The molecule has 132 valence electrons. The smallest absolute Gasteiger partial charge is 0.311 e. The predicted octanol–water partition coefficient (Wildman–Crippen LogP) is 3.39. The van der Waals surface area contributed by atoms with Gasteiger partial charge in [0.25, 0.3) is 5.91 Å². The molecular formula is C19H17N3O4. The van der Waals surface area contributed by atoms with E-state index in [0.29, 0.717) is 5.56 Å². The molecule has 0 spiro atoms. The highest BCUT2D eigenvalue weighted by atomic mass is 16.6. The summed E-state index contributed by atoms with van der Waals surface area (Å²) in [5.41, 5.74) is 0.874. The Labute approximate surface area is 150 Å². The monoisotopic (exact) mass is 351 g/mol. The van der Waals surface area contributed by atoms with Crippen LogP contribution in [0.4, 0.5) is 5.69 Å². The summed E-state index contributed by atoms with van der Waals surface area (Å²) in [6, 6.07) is 15.1. The summed E-state index contributed by atoms with van der Waals surface area (Å²) >= 11 is 0. The van der Waals surface area contributed by atoms with Gasteiger partial charge in [-0.05, 0) is 30.2 Å². The van der Waals surface area contributed by atoms with Crippen molar-refractivity contribution in [2.75, 3.05) is 7.11 Å². The molecule has 1 atom stereocenters. The van der Waals surface area contributed by atoms with E-state index in [0.717, 1.165) is 5.56 Å². The van der Waals surface area contributed by atoms with Gasteiger partial charge < -0.3 is 10.1 Å². The van der Waals surface area contributed by atoms with Gasteiger partial charge in [0, 0.05) is 6.07 Å². The predicted molar refractivity (Wildman–Crippen MR) is 96.2 cm³/mol. The van der Waals surface area contributed by atoms with Crippen molar-refractivity contribution in [3.8, 4) is 11.8 Å². The number of ether oxygens (including phenoxy) is 1. The zero-order chi connectivity index (χ0) is 19.1. The number of hydrogen-bond donors (Lipinski definition) is 1. The molecule has 1 N–H and O–H groups in total. The lowest BCUT2D eigenvalue weighted by Crippen LogP contribution is -2.27.